The van der Waals surface area contributed by atoms with Crippen LogP contribution in [0.4, 0.5) is 4.79 Å². The number of aliphatic carboxylic acids is 1. The Morgan fingerprint density at radius 3 is 2.77 bits per heavy atom. The Labute approximate surface area is 185 Å². The van der Waals surface area contributed by atoms with Gasteiger partial charge in [0.15, 0.2) is 0 Å². The number of amides is 2. The Balaban J connectivity index is 1.83. The number of hydrogen-bond donors (Lipinski definition) is 2. The smallest absolute Gasteiger partial charge is 0.317 e. The van der Waals surface area contributed by atoms with Crippen molar-refractivity contribution in [1.29, 1.82) is 0 Å². The molecule has 2 heterocycles. The topological polar surface area (TPSA) is 82.0 Å². The van der Waals surface area contributed by atoms with Crippen molar-refractivity contribution in [3.05, 3.63) is 47.5 Å². The van der Waals surface area contributed by atoms with E-state index in [0.29, 0.717) is 32.5 Å². The molecule has 1 aromatic rings. The molecule has 1 saturated heterocycles. The van der Waals surface area contributed by atoms with Gasteiger partial charge in [0, 0.05) is 38.3 Å². The van der Waals surface area contributed by atoms with E-state index >= 15 is 0 Å². The molecule has 6 nitrogen and oxygen atoms in total. The van der Waals surface area contributed by atoms with Gasteiger partial charge in [0.05, 0.1) is 0 Å². The molecule has 0 unspecified atom stereocenters. The molecular weight excluding hydrogens is 390 g/mol. The molecule has 0 spiro atoms. The SMILES string of the molecule is C=CCNC(=O)N1CC[C@@H](CC(=O)O)[C@@H](CC2=NCCc3ccc(C(C)(C)C)cc32)C1. The number of hydrogen-bond acceptors (Lipinski definition) is 3. The standard InChI is InChI=1S/C25H35N3O3/c1-5-10-27-24(31)28-12-9-18(14-23(29)30)19(16-28)13-22-21-15-20(25(2,3)4)7-6-17(21)8-11-26-22/h5-7,15,18-19H,1,8-14,16H2,2-4H3,(H,27,31)(H,29,30)/t18-,19-/m0/s1. The summed E-state index contributed by atoms with van der Waals surface area (Å²) in [5, 5.41) is 12.3. The fourth-order valence-corrected chi connectivity index (χ4v) is 4.61. The number of likely N-dealkylation sites (tertiary alicyclic amines) is 1. The highest BCUT2D eigenvalue weighted by Gasteiger charge is 2.34. The summed E-state index contributed by atoms with van der Waals surface area (Å²) in [6.45, 7) is 12.6. The lowest BCUT2D eigenvalue weighted by atomic mass is 9.77. The molecule has 6 heteroatoms. The first kappa shape index (κ1) is 23.0. The van der Waals surface area contributed by atoms with Crippen molar-refractivity contribution in [1.82, 2.24) is 10.2 Å². The zero-order valence-electron chi connectivity index (χ0n) is 19.0. The fraction of sp³-hybridized carbons (Fsp3) is 0.560. The Hall–Kier alpha value is -2.63. The van der Waals surface area contributed by atoms with Crippen molar-refractivity contribution < 1.29 is 14.7 Å². The van der Waals surface area contributed by atoms with Gasteiger partial charge >= 0.3 is 12.0 Å². The number of nitrogens with zero attached hydrogens (tertiary/aromatic N) is 2. The number of carboxylic acids is 1. The second-order valence-electron chi connectivity index (χ2n) is 9.73. The van der Waals surface area contributed by atoms with Gasteiger partial charge < -0.3 is 15.3 Å². The van der Waals surface area contributed by atoms with Gasteiger partial charge in [-0.2, -0.15) is 0 Å². The Kier molecular flexibility index (Phi) is 7.19. The molecule has 168 valence electrons. The molecule has 3 rings (SSSR count). The largest absolute Gasteiger partial charge is 0.481 e. The first-order valence-electron chi connectivity index (χ1n) is 11.2. The zero-order chi connectivity index (χ0) is 22.6. The minimum Gasteiger partial charge on any atom is -0.481 e. The number of nitrogens with one attached hydrogen (secondary N) is 1. The van der Waals surface area contributed by atoms with Crippen LogP contribution in [0.1, 0.15) is 56.7 Å². The number of carboxylic acid groups (broad SMARTS) is 1. The minimum absolute atomic E-state index is 0.0415. The summed E-state index contributed by atoms with van der Waals surface area (Å²) >= 11 is 0. The molecule has 2 aliphatic rings. The van der Waals surface area contributed by atoms with Gasteiger partial charge in [0.1, 0.15) is 0 Å². The van der Waals surface area contributed by atoms with E-state index < -0.39 is 5.97 Å². The van der Waals surface area contributed by atoms with Crippen molar-refractivity contribution in [2.45, 2.75) is 51.9 Å². The molecule has 0 aromatic heterocycles. The van der Waals surface area contributed by atoms with Gasteiger partial charge in [-0.1, -0.05) is 39.0 Å². The summed E-state index contributed by atoms with van der Waals surface area (Å²) in [5.74, 6) is -0.664. The van der Waals surface area contributed by atoms with E-state index in [9.17, 15) is 14.7 Å². The normalized spacial score (nSPS) is 21.1. The van der Waals surface area contributed by atoms with Gasteiger partial charge in [-0.15, -0.1) is 6.58 Å². The van der Waals surface area contributed by atoms with Gasteiger partial charge in [0.25, 0.3) is 0 Å². The monoisotopic (exact) mass is 425 g/mol. The summed E-state index contributed by atoms with van der Waals surface area (Å²) in [7, 11) is 0. The fourth-order valence-electron chi connectivity index (χ4n) is 4.61. The molecule has 1 fully saturated rings. The molecule has 2 N–H and O–H groups in total. The average Bonchev–Trinajstić information content (AvgIpc) is 2.72. The first-order chi connectivity index (χ1) is 14.7. The van der Waals surface area contributed by atoms with Crippen LogP contribution in [0, 0.1) is 11.8 Å². The lowest BCUT2D eigenvalue weighted by Crippen LogP contribution is -2.49. The summed E-state index contributed by atoms with van der Waals surface area (Å²) in [6, 6.07) is 6.58. The van der Waals surface area contributed by atoms with Crippen molar-refractivity contribution >= 4 is 17.7 Å². The van der Waals surface area contributed by atoms with Crippen molar-refractivity contribution in [2.75, 3.05) is 26.2 Å². The Morgan fingerprint density at radius 1 is 1.32 bits per heavy atom. The average molecular weight is 426 g/mol. The van der Waals surface area contributed by atoms with Crippen LogP contribution in [0.3, 0.4) is 0 Å². The molecule has 0 saturated carbocycles. The van der Waals surface area contributed by atoms with Gasteiger partial charge in [-0.25, -0.2) is 4.79 Å². The van der Waals surface area contributed by atoms with Crippen LogP contribution in [0.15, 0.2) is 35.8 Å². The van der Waals surface area contributed by atoms with Crippen molar-refractivity contribution in [3.8, 4) is 0 Å². The minimum atomic E-state index is -0.777. The highest BCUT2D eigenvalue weighted by atomic mass is 16.4. The number of piperidine rings is 1. The van der Waals surface area contributed by atoms with Gasteiger partial charge in [-0.05, 0) is 59.3 Å². The molecule has 0 radical (unpaired) electrons. The predicted molar refractivity (Wildman–Crippen MR) is 124 cm³/mol. The quantitative estimate of drug-likeness (QED) is 0.675. The third-order valence-corrected chi connectivity index (χ3v) is 6.44. The molecular formula is C25H35N3O3. The highest BCUT2D eigenvalue weighted by molar-refractivity contribution is 6.03. The molecule has 31 heavy (non-hydrogen) atoms. The number of rotatable bonds is 6. The maximum atomic E-state index is 12.5. The highest BCUT2D eigenvalue weighted by Crippen LogP contribution is 2.33. The number of aliphatic imine (C=N–C) groups is 1. The van der Waals surface area contributed by atoms with E-state index in [1.807, 2.05) is 4.90 Å². The summed E-state index contributed by atoms with van der Waals surface area (Å²) in [4.78, 5) is 30.6. The maximum absolute atomic E-state index is 12.5. The van der Waals surface area contributed by atoms with Gasteiger partial charge in [-0.3, -0.25) is 9.79 Å². The second kappa shape index (κ2) is 9.67. The molecule has 2 atom stereocenters. The van der Waals surface area contributed by atoms with E-state index in [-0.39, 0.29) is 29.7 Å². The zero-order valence-corrected chi connectivity index (χ0v) is 19.0. The molecule has 0 aliphatic carbocycles. The molecule has 2 amide bonds. The Bertz CT molecular complexity index is 869. The van der Waals surface area contributed by atoms with Crippen LogP contribution in [0.5, 0.6) is 0 Å². The van der Waals surface area contributed by atoms with Gasteiger partial charge in [0.2, 0.25) is 0 Å². The number of carbonyl (C=O) groups is 2. The second-order valence-corrected chi connectivity index (χ2v) is 9.73. The van der Waals surface area contributed by atoms with Crippen molar-refractivity contribution in [2.24, 2.45) is 16.8 Å². The predicted octanol–water partition coefficient (Wildman–Crippen LogP) is 4.03. The van der Waals surface area contributed by atoms with Crippen LogP contribution in [-0.4, -0.2) is 53.9 Å². The van der Waals surface area contributed by atoms with Crippen LogP contribution in [0.25, 0.3) is 0 Å². The molecule has 0 bridgehead atoms. The van der Waals surface area contributed by atoms with Crippen LogP contribution < -0.4 is 5.32 Å². The van der Waals surface area contributed by atoms with Crippen LogP contribution in [0.2, 0.25) is 0 Å². The number of benzene rings is 1. The van der Waals surface area contributed by atoms with E-state index in [4.69, 9.17) is 4.99 Å². The Morgan fingerprint density at radius 2 is 2.10 bits per heavy atom. The maximum Gasteiger partial charge on any atom is 0.317 e. The van der Waals surface area contributed by atoms with E-state index in [1.165, 1.54) is 16.7 Å². The lowest BCUT2D eigenvalue weighted by molar-refractivity contribution is -0.138. The van der Waals surface area contributed by atoms with E-state index in [1.54, 1.807) is 6.08 Å². The summed E-state index contributed by atoms with van der Waals surface area (Å²) < 4.78 is 0. The number of carbonyl (C=O) groups excluding carboxylic acids is 1. The first-order valence-corrected chi connectivity index (χ1v) is 11.2. The summed E-state index contributed by atoms with van der Waals surface area (Å²) in [6.07, 6.45) is 4.12. The third kappa shape index (κ3) is 5.75. The van der Waals surface area contributed by atoms with Crippen molar-refractivity contribution in [3.63, 3.8) is 0 Å². The molecule has 1 aromatic carbocycles. The van der Waals surface area contributed by atoms with Crippen LogP contribution >= 0.6 is 0 Å². The summed E-state index contributed by atoms with van der Waals surface area (Å²) in [5.41, 5.74) is 4.89. The van der Waals surface area contributed by atoms with E-state index in [2.05, 4.69) is 50.9 Å². The molecule has 2 aliphatic heterocycles. The lowest BCUT2D eigenvalue weighted by Gasteiger charge is -2.38. The number of urea groups is 1. The van der Waals surface area contributed by atoms with E-state index in [0.717, 1.165) is 18.7 Å². The number of fused-ring (bicyclic) bond motifs is 1. The third-order valence-electron chi connectivity index (χ3n) is 6.44. The van der Waals surface area contributed by atoms with Crippen LogP contribution in [-0.2, 0) is 16.6 Å².